The smallest absolute Gasteiger partial charge is 0.309 e. The van der Waals surface area contributed by atoms with E-state index in [2.05, 4.69) is 6.92 Å². The fourth-order valence-electron chi connectivity index (χ4n) is 2.59. The average molecular weight is 202 g/mol. The zero-order chi connectivity index (χ0) is 10.6. The molecule has 0 radical (unpaired) electrons. The second-order valence-electron chi connectivity index (χ2n) is 4.58. The van der Waals surface area contributed by atoms with Crippen LogP contribution in [0.25, 0.3) is 0 Å². The molecule has 1 aliphatic rings. The molecule has 1 N–H and O–H groups in total. The molecule has 2 nitrogen and oxygen atoms in total. The quantitative estimate of drug-likeness (QED) is 0.760. The predicted molar refractivity (Wildman–Crippen MR) is 52.9 cm³/mol. The summed E-state index contributed by atoms with van der Waals surface area (Å²) in [5, 5.41) is 9.21. The molecule has 82 valence electrons. The van der Waals surface area contributed by atoms with Crippen molar-refractivity contribution in [3.05, 3.63) is 0 Å². The van der Waals surface area contributed by atoms with Gasteiger partial charge < -0.3 is 5.11 Å². The van der Waals surface area contributed by atoms with Crippen LogP contribution in [0.3, 0.4) is 0 Å². The Morgan fingerprint density at radius 3 is 2.86 bits per heavy atom. The van der Waals surface area contributed by atoms with Crippen LogP contribution in [-0.2, 0) is 4.79 Å². The first-order chi connectivity index (χ1) is 6.60. The van der Waals surface area contributed by atoms with Gasteiger partial charge >= 0.3 is 5.97 Å². The van der Waals surface area contributed by atoms with Crippen molar-refractivity contribution in [3.8, 4) is 0 Å². The van der Waals surface area contributed by atoms with E-state index in [0.29, 0.717) is 18.8 Å². The van der Waals surface area contributed by atoms with Gasteiger partial charge in [0.15, 0.2) is 0 Å². The number of alkyl halides is 1. The molecule has 2 atom stereocenters. The van der Waals surface area contributed by atoms with Crippen LogP contribution in [0.5, 0.6) is 0 Å². The van der Waals surface area contributed by atoms with Crippen LogP contribution < -0.4 is 0 Å². The molecule has 0 aromatic rings. The lowest BCUT2D eigenvalue weighted by Gasteiger charge is -2.36. The van der Waals surface area contributed by atoms with Crippen molar-refractivity contribution in [1.29, 1.82) is 0 Å². The van der Waals surface area contributed by atoms with Crippen LogP contribution in [0.2, 0.25) is 0 Å². The summed E-state index contributed by atoms with van der Waals surface area (Å²) in [7, 11) is 0. The van der Waals surface area contributed by atoms with Crippen molar-refractivity contribution >= 4 is 5.97 Å². The van der Waals surface area contributed by atoms with E-state index in [0.717, 1.165) is 25.7 Å². The summed E-state index contributed by atoms with van der Waals surface area (Å²) < 4.78 is 12.1. The summed E-state index contributed by atoms with van der Waals surface area (Å²) in [4.78, 5) is 11.2. The molecule has 0 aromatic carbocycles. The van der Waals surface area contributed by atoms with Crippen molar-refractivity contribution in [2.45, 2.75) is 45.4 Å². The first-order valence-corrected chi connectivity index (χ1v) is 5.40. The van der Waals surface area contributed by atoms with Gasteiger partial charge in [-0.3, -0.25) is 9.18 Å². The Balaban J connectivity index is 2.65. The number of carbonyl (C=O) groups is 1. The summed E-state index contributed by atoms with van der Waals surface area (Å²) in [5.74, 6) is -0.253. The molecule has 1 aliphatic carbocycles. The van der Waals surface area contributed by atoms with E-state index in [1.807, 2.05) is 0 Å². The molecule has 0 amide bonds. The van der Waals surface area contributed by atoms with Gasteiger partial charge in [0.2, 0.25) is 0 Å². The standard InChI is InChI=1S/C11H19FO2/c1-9-4-2-5-11(8-9,10(13)14)6-3-7-12/h9H,2-8H2,1H3,(H,13,14). The SMILES string of the molecule is CC1CCCC(CCCF)(C(=O)O)C1. The van der Waals surface area contributed by atoms with Gasteiger partial charge in [-0.25, -0.2) is 0 Å². The van der Waals surface area contributed by atoms with E-state index < -0.39 is 18.1 Å². The van der Waals surface area contributed by atoms with E-state index in [4.69, 9.17) is 0 Å². The Kier molecular flexibility index (Phi) is 3.90. The first kappa shape index (κ1) is 11.5. The fourth-order valence-corrected chi connectivity index (χ4v) is 2.59. The molecule has 0 spiro atoms. The Morgan fingerprint density at radius 2 is 2.36 bits per heavy atom. The van der Waals surface area contributed by atoms with Gasteiger partial charge in [0.1, 0.15) is 0 Å². The van der Waals surface area contributed by atoms with Crippen molar-refractivity contribution in [3.63, 3.8) is 0 Å². The monoisotopic (exact) mass is 202 g/mol. The number of carboxylic acid groups (broad SMARTS) is 1. The van der Waals surface area contributed by atoms with E-state index in [9.17, 15) is 14.3 Å². The molecule has 0 heterocycles. The van der Waals surface area contributed by atoms with E-state index >= 15 is 0 Å². The van der Waals surface area contributed by atoms with Crippen molar-refractivity contribution in [2.75, 3.05) is 6.67 Å². The van der Waals surface area contributed by atoms with Crippen LogP contribution in [0.4, 0.5) is 4.39 Å². The number of hydrogen-bond donors (Lipinski definition) is 1. The minimum atomic E-state index is -0.725. The number of aliphatic carboxylic acids is 1. The van der Waals surface area contributed by atoms with Gasteiger partial charge in [0, 0.05) is 0 Å². The molecule has 0 saturated heterocycles. The van der Waals surface area contributed by atoms with Crippen molar-refractivity contribution in [1.82, 2.24) is 0 Å². The second-order valence-corrected chi connectivity index (χ2v) is 4.58. The van der Waals surface area contributed by atoms with Crippen molar-refractivity contribution < 1.29 is 14.3 Å². The maximum absolute atomic E-state index is 12.1. The third-order valence-electron chi connectivity index (χ3n) is 3.33. The van der Waals surface area contributed by atoms with Crippen LogP contribution in [0.15, 0.2) is 0 Å². The fraction of sp³-hybridized carbons (Fsp3) is 0.909. The Bertz CT molecular complexity index is 205. The van der Waals surface area contributed by atoms with E-state index in [1.165, 1.54) is 0 Å². The zero-order valence-corrected chi connectivity index (χ0v) is 8.76. The predicted octanol–water partition coefficient (Wildman–Crippen LogP) is 3.02. The molecule has 14 heavy (non-hydrogen) atoms. The van der Waals surface area contributed by atoms with Crippen LogP contribution in [-0.4, -0.2) is 17.8 Å². The third-order valence-corrected chi connectivity index (χ3v) is 3.33. The zero-order valence-electron chi connectivity index (χ0n) is 8.76. The molecular weight excluding hydrogens is 183 g/mol. The lowest BCUT2D eigenvalue weighted by Crippen LogP contribution is -2.36. The van der Waals surface area contributed by atoms with Crippen LogP contribution in [0, 0.1) is 11.3 Å². The summed E-state index contributed by atoms with van der Waals surface area (Å²) in [6, 6.07) is 0. The largest absolute Gasteiger partial charge is 0.481 e. The molecule has 1 fully saturated rings. The van der Waals surface area contributed by atoms with Crippen molar-refractivity contribution in [2.24, 2.45) is 11.3 Å². The summed E-state index contributed by atoms with van der Waals surface area (Å²) in [6.45, 7) is 1.69. The Morgan fingerprint density at radius 1 is 1.64 bits per heavy atom. The summed E-state index contributed by atoms with van der Waals surface area (Å²) in [5.41, 5.74) is -0.621. The number of carboxylic acids is 1. The summed E-state index contributed by atoms with van der Waals surface area (Å²) in [6.07, 6.45) is 4.43. The maximum Gasteiger partial charge on any atom is 0.309 e. The van der Waals surface area contributed by atoms with Gasteiger partial charge in [0.25, 0.3) is 0 Å². The van der Waals surface area contributed by atoms with Gasteiger partial charge in [-0.1, -0.05) is 19.8 Å². The summed E-state index contributed by atoms with van der Waals surface area (Å²) >= 11 is 0. The Hall–Kier alpha value is -0.600. The molecule has 1 saturated carbocycles. The van der Waals surface area contributed by atoms with E-state index in [-0.39, 0.29) is 0 Å². The topological polar surface area (TPSA) is 37.3 Å². The van der Waals surface area contributed by atoms with Gasteiger partial charge in [0.05, 0.1) is 12.1 Å². The highest BCUT2D eigenvalue weighted by Gasteiger charge is 2.41. The molecule has 1 rings (SSSR count). The van der Waals surface area contributed by atoms with E-state index in [1.54, 1.807) is 0 Å². The number of hydrogen-bond acceptors (Lipinski definition) is 1. The number of rotatable bonds is 4. The molecule has 0 bridgehead atoms. The lowest BCUT2D eigenvalue weighted by atomic mass is 9.68. The number of halogens is 1. The second kappa shape index (κ2) is 4.76. The van der Waals surface area contributed by atoms with Gasteiger partial charge in [-0.05, 0) is 31.6 Å². The Labute approximate surface area is 84.5 Å². The first-order valence-electron chi connectivity index (χ1n) is 5.40. The lowest BCUT2D eigenvalue weighted by molar-refractivity contribution is -0.152. The molecule has 3 heteroatoms. The highest BCUT2D eigenvalue weighted by Crippen LogP contribution is 2.42. The highest BCUT2D eigenvalue weighted by atomic mass is 19.1. The maximum atomic E-state index is 12.1. The normalized spacial score (nSPS) is 32.9. The van der Waals surface area contributed by atoms with Gasteiger partial charge in [-0.2, -0.15) is 0 Å². The van der Waals surface area contributed by atoms with Crippen LogP contribution in [0.1, 0.15) is 45.4 Å². The molecule has 2 unspecified atom stereocenters. The van der Waals surface area contributed by atoms with Gasteiger partial charge in [-0.15, -0.1) is 0 Å². The molecule has 0 aromatic heterocycles. The average Bonchev–Trinajstić information content (AvgIpc) is 2.14. The third kappa shape index (κ3) is 2.46. The highest BCUT2D eigenvalue weighted by molar-refractivity contribution is 5.74. The minimum absolute atomic E-state index is 0.388. The van der Waals surface area contributed by atoms with Crippen LogP contribution >= 0.6 is 0 Å². The minimum Gasteiger partial charge on any atom is -0.481 e. The molecule has 0 aliphatic heterocycles. The molecular formula is C11H19FO2.